The van der Waals surface area contributed by atoms with E-state index in [0.29, 0.717) is 23.9 Å². The highest BCUT2D eigenvalue weighted by atomic mass is 31.2. The number of hydrogen-bond acceptors (Lipinski definition) is 8. The van der Waals surface area contributed by atoms with Crippen LogP contribution in [0.3, 0.4) is 0 Å². The minimum Gasteiger partial charge on any atom is -0.756 e. The van der Waals surface area contributed by atoms with Crippen LogP contribution in [-0.2, 0) is 32.7 Å². The summed E-state index contributed by atoms with van der Waals surface area (Å²) >= 11 is 0. The Labute approximate surface area is 343 Å². The van der Waals surface area contributed by atoms with Crippen LogP contribution in [0.25, 0.3) is 0 Å². The Balaban J connectivity index is 4.35. The van der Waals surface area contributed by atoms with Crippen molar-refractivity contribution in [3.8, 4) is 0 Å². The summed E-state index contributed by atoms with van der Waals surface area (Å²) in [6.45, 7) is 4.14. The molecular formula is C46H84NO8P. The number of carbonyl (C=O) groups excluding carboxylic acids is 2. The quantitative estimate of drug-likeness (QED) is 0.0198. The maximum absolute atomic E-state index is 12.7. The van der Waals surface area contributed by atoms with Crippen molar-refractivity contribution in [3.63, 3.8) is 0 Å². The average Bonchev–Trinajstić information content (AvgIpc) is 3.15. The lowest BCUT2D eigenvalue weighted by molar-refractivity contribution is -0.870. The number of ether oxygens (including phenoxy) is 2. The number of quaternary nitrogens is 1. The molecule has 2 atom stereocenters. The van der Waals surface area contributed by atoms with Gasteiger partial charge in [0.25, 0.3) is 7.82 Å². The maximum atomic E-state index is 12.7. The Morgan fingerprint density at radius 3 is 1.50 bits per heavy atom. The van der Waals surface area contributed by atoms with E-state index in [0.717, 1.165) is 89.9 Å². The van der Waals surface area contributed by atoms with Gasteiger partial charge in [0.1, 0.15) is 19.8 Å². The predicted molar refractivity (Wildman–Crippen MR) is 231 cm³/mol. The van der Waals surface area contributed by atoms with Crippen LogP contribution in [0.4, 0.5) is 0 Å². The highest BCUT2D eigenvalue weighted by molar-refractivity contribution is 7.45. The maximum Gasteiger partial charge on any atom is 0.306 e. The van der Waals surface area contributed by atoms with Crippen molar-refractivity contribution in [2.45, 2.75) is 187 Å². The molecule has 56 heavy (non-hydrogen) atoms. The Bertz CT molecular complexity index is 1100. The first-order valence-corrected chi connectivity index (χ1v) is 23.8. The van der Waals surface area contributed by atoms with Crippen LogP contribution in [0, 0.1) is 0 Å². The summed E-state index contributed by atoms with van der Waals surface area (Å²) in [6, 6.07) is 0. The zero-order valence-corrected chi connectivity index (χ0v) is 37.5. The fourth-order valence-electron chi connectivity index (χ4n) is 5.76. The van der Waals surface area contributed by atoms with E-state index in [1.54, 1.807) is 0 Å². The van der Waals surface area contributed by atoms with Crippen LogP contribution >= 0.6 is 7.82 Å². The molecule has 0 saturated carbocycles. The third-order valence-electron chi connectivity index (χ3n) is 9.32. The number of unbranched alkanes of at least 4 members (excludes halogenated alkanes) is 18. The summed E-state index contributed by atoms with van der Waals surface area (Å²) in [5, 5.41) is 0. The molecule has 0 radical (unpaired) electrons. The molecule has 0 amide bonds. The Morgan fingerprint density at radius 2 is 0.982 bits per heavy atom. The predicted octanol–water partition coefficient (Wildman–Crippen LogP) is 12.1. The van der Waals surface area contributed by atoms with Crippen molar-refractivity contribution in [3.05, 3.63) is 48.6 Å². The van der Waals surface area contributed by atoms with Gasteiger partial charge in [0, 0.05) is 12.8 Å². The normalized spacial score (nSPS) is 14.0. The first-order chi connectivity index (χ1) is 27.0. The van der Waals surface area contributed by atoms with Gasteiger partial charge in [-0.05, 0) is 70.6 Å². The SMILES string of the molecule is CCCC/C=C\CCCCCCCC(=O)OCC(COP(=O)([O-])OCC[N+](C)(C)C)OC(=O)CCCCCCCC/C=C\C/C=C\C/C=C\CCCCCCC. The molecule has 0 fully saturated rings. The lowest BCUT2D eigenvalue weighted by atomic mass is 10.1. The van der Waals surface area contributed by atoms with Crippen LogP contribution < -0.4 is 4.89 Å². The molecule has 0 aromatic carbocycles. The summed E-state index contributed by atoms with van der Waals surface area (Å²) in [5.41, 5.74) is 0. The third-order valence-corrected chi connectivity index (χ3v) is 10.3. The molecule has 0 heterocycles. The second-order valence-electron chi connectivity index (χ2n) is 16.1. The lowest BCUT2D eigenvalue weighted by Crippen LogP contribution is -2.37. The van der Waals surface area contributed by atoms with E-state index in [1.165, 1.54) is 51.4 Å². The third kappa shape index (κ3) is 41.6. The van der Waals surface area contributed by atoms with Crippen LogP contribution in [0.2, 0.25) is 0 Å². The average molecular weight is 810 g/mol. The summed E-state index contributed by atoms with van der Waals surface area (Å²) in [5.74, 6) is -0.863. The van der Waals surface area contributed by atoms with Crippen molar-refractivity contribution in [2.24, 2.45) is 0 Å². The van der Waals surface area contributed by atoms with Crippen molar-refractivity contribution in [1.29, 1.82) is 0 Å². The largest absolute Gasteiger partial charge is 0.756 e. The molecule has 0 bridgehead atoms. The number of rotatable bonds is 40. The molecule has 0 N–H and O–H groups in total. The van der Waals surface area contributed by atoms with Gasteiger partial charge in [0.2, 0.25) is 0 Å². The van der Waals surface area contributed by atoms with Gasteiger partial charge in [-0.2, -0.15) is 0 Å². The number of esters is 2. The van der Waals surface area contributed by atoms with E-state index in [2.05, 4.69) is 62.5 Å². The molecule has 0 aliphatic carbocycles. The topological polar surface area (TPSA) is 111 Å². The van der Waals surface area contributed by atoms with Crippen LogP contribution in [-0.4, -0.2) is 70.0 Å². The molecule has 0 aromatic rings. The van der Waals surface area contributed by atoms with Crippen molar-refractivity contribution in [1.82, 2.24) is 0 Å². The zero-order valence-electron chi connectivity index (χ0n) is 36.6. The molecule has 9 nitrogen and oxygen atoms in total. The second kappa shape index (κ2) is 38.5. The minimum atomic E-state index is -4.63. The lowest BCUT2D eigenvalue weighted by Gasteiger charge is -2.28. The molecule has 0 aliphatic heterocycles. The fourth-order valence-corrected chi connectivity index (χ4v) is 6.49. The summed E-state index contributed by atoms with van der Waals surface area (Å²) in [6.07, 6.45) is 44.2. The number of phosphoric acid groups is 1. The van der Waals surface area contributed by atoms with E-state index in [9.17, 15) is 19.0 Å². The Morgan fingerprint density at radius 1 is 0.554 bits per heavy atom. The van der Waals surface area contributed by atoms with Gasteiger partial charge in [-0.1, -0.05) is 146 Å². The first-order valence-electron chi connectivity index (χ1n) is 22.3. The Hall–Kier alpha value is -2.03. The smallest absolute Gasteiger partial charge is 0.306 e. The number of likely N-dealkylation sites (N-methyl/N-ethyl adjacent to an activating group) is 1. The molecule has 10 heteroatoms. The van der Waals surface area contributed by atoms with Gasteiger partial charge < -0.3 is 27.9 Å². The van der Waals surface area contributed by atoms with Crippen molar-refractivity contribution in [2.75, 3.05) is 47.5 Å². The summed E-state index contributed by atoms with van der Waals surface area (Å²) in [7, 11) is 1.15. The van der Waals surface area contributed by atoms with E-state index in [-0.39, 0.29) is 26.1 Å². The molecule has 326 valence electrons. The van der Waals surface area contributed by atoms with Gasteiger partial charge in [-0.3, -0.25) is 14.2 Å². The number of nitrogens with zero attached hydrogens (tertiary/aromatic N) is 1. The van der Waals surface area contributed by atoms with E-state index >= 15 is 0 Å². The van der Waals surface area contributed by atoms with Gasteiger partial charge in [0.15, 0.2) is 6.10 Å². The number of carbonyl (C=O) groups is 2. The molecule has 2 unspecified atom stereocenters. The van der Waals surface area contributed by atoms with Crippen LogP contribution in [0.1, 0.15) is 181 Å². The molecule has 0 spiro atoms. The first kappa shape index (κ1) is 54.0. The van der Waals surface area contributed by atoms with Gasteiger partial charge in [-0.15, -0.1) is 0 Å². The molecule has 0 aromatic heterocycles. The molecule has 0 saturated heterocycles. The van der Waals surface area contributed by atoms with Crippen LogP contribution in [0.15, 0.2) is 48.6 Å². The monoisotopic (exact) mass is 810 g/mol. The number of hydrogen-bond donors (Lipinski definition) is 0. The van der Waals surface area contributed by atoms with Crippen LogP contribution in [0.5, 0.6) is 0 Å². The van der Waals surface area contributed by atoms with Crippen molar-refractivity contribution >= 4 is 19.8 Å². The zero-order chi connectivity index (χ0) is 41.4. The minimum absolute atomic E-state index is 0.0364. The van der Waals surface area contributed by atoms with Gasteiger partial charge in [0.05, 0.1) is 27.7 Å². The molecule has 0 rings (SSSR count). The van der Waals surface area contributed by atoms with E-state index in [4.69, 9.17) is 18.5 Å². The van der Waals surface area contributed by atoms with Crippen molar-refractivity contribution < 1.29 is 42.1 Å². The number of allylic oxidation sites excluding steroid dienone is 8. The van der Waals surface area contributed by atoms with E-state index in [1.807, 2.05) is 21.1 Å². The molecular weight excluding hydrogens is 725 g/mol. The number of phosphoric ester groups is 1. The van der Waals surface area contributed by atoms with Gasteiger partial charge >= 0.3 is 11.9 Å². The second-order valence-corrected chi connectivity index (χ2v) is 17.5. The summed E-state index contributed by atoms with van der Waals surface area (Å²) < 4.78 is 33.8. The highest BCUT2D eigenvalue weighted by Crippen LogP contribution is 2.38. The fraction of sp³-hybridized carbons (Fsp3) is 0.783. The van der Waals surface area contributed by atoms with Gasteiger partial charge in [-0.25, -0.2) is 0 Å². The Kier molecular flexibility index (Phi) is 37.1. The highest BCUT2D eigenvalue weighted by Gasteiger charge is 2.21. The molecule has 0 aliphatic rings. The standard InChI is InChI=1S/C46H84NO8P/c1-6-8-10-12-14-16-18-19-20-21-22-23-24-25-26-27-29-31-33-35-37-39-46(49)55-44(43-54-56(50,51)53-41-40-47(3,4)5)42-52-45(48)38-36-34-32-30-28-17-15-13-11-9-7-2/h13,15,18-19,21-22,24-25,44H,6-12,14,16-17,20,23,26-43H2,1-5H3/b15-13-,19-18-,22-21-,25-24-. The summed E-state index contributed by atoms with van der Waals surface area (Å²) in [4.78, 5) is 37.5. The van der Waals surface area contributed by atoms with E-state index < -0.39 is 32.5 Å².